The molecule has 2 heteroatoms. The molecule has 0 bridgehead atoms. The van der Waals surface area contributed by atoms with Crippen LogP contribution < -0.4 is 15.6 Å². The lowest BCUT2D eigenvalue weighted by atomic mass is 10.0. The highest BCUT2D eigenvalue weighted by Gasteiger charge is 2.43. The fraction of sp³-hybridized carbons (Fsp3) is 0.0286. The zero-order valence-corrected chi connectivity index (χ0v) is 22.4. The minimum Gasteiger partial charge on any atom is -0.122 e. The van der Waals surface area contributed by atoms with Gasteiger partial charge in [0.2, 0.25) is 0 Å². The Bertz CT molecular complexity index is 1360. The monoisotopic (exact) mass is 512 g/mol. The van der Waals surface area contributed by atoms with Crippen molar-refractivity contribution in [3.63, 3.8) is 0 Å². The molecule has 0 saturated heterocycles. The van der Waals surface area contributed by atoms with Crippen molar-refractivity contribution in [3.8, 4) is 0 Å². The minimum absolute atomic E-state index is 0.425. The SMILES string of the molecule is ClC/C(=C(/C=C\c1ccccc1)c1ccccc1)[Si](c1ccccc1)(c1ccccc1)c1ccccc1. The molecule has 0 nitrogen and oxygen atoms in total. The first-order chi connectivity index (χ1) is 18.3. The number of halogens is 1. The van der Waals surface area contributed by atoms with Crippen LogP contribution >= 0.6 is 11.6 Å². The molecule has 0 fully saturated rings. The van der Waals surface area contributed by atoms with E-state index in [0.717, 1.165) is 5.56 Å². The second-order valence-corrected chi connectivity index (χ2v) is 13.1. The van der Waals surface area contributed by atoms with E-state index in [2.05, 4.69) is 158 Å². The normalized spacial score (nSPS) is 12.4. The number of allylic oxidation sites excluding steroid dienone is 3. The molecule has 5 aromatic carbocycles. The summed E-state index contributed by atoms with van der Waals surface area (Å²) in [5, 5.41) is 5.25. The Hall–Kier alpha value is -3.91. The largest absolute Gasteiger partial charge is 0.177 e. The van der Waals surface area contributed by atoms with Gasteiger partial charge in [-0.05, 0) is 37.5 Å². The molecule has 0 amide bonds. The van der Waals surface area contributed by atoms with Crippen LogP contribution in [-0.4, -0.2) is 14.0 Å². The van der Waals surface area contributed by atoms with Crippen molar-refractivity contribution in [3.05, 3.63) is 174 Å². The standard InChI is InChI=1S/C35H29ClSi/c36-28-35(34(30-18-8-2-9-19-30)27-26-29-16-6-1-7-17-29)37(31-20-10-3-11-21-31,32-22-12-4-13-23-32)33-24-14-5-15-25-33/h1-27H,28H2/b27-26-,35-34+. The first kappa shape index (κ1) is 24.8. The van der Waals surface area contributed by atoms with E-state index in [4.69, 9.17) is 11.6 Å². The van der Waals surface area contributed by atoms with E-state index in [1.165, 1.54) is 31.9 Å². The van der Waals surface area contributed by atoms with E-state index >= 15 is 0 Å². The average Bonchev–Trinajstić information content (AvgIpc) is 2.99. The number of alkyl halides is 1. The third kappa shape index (κ3) is 5.15. The second kappa shape index (κ2) is 11.9. The van der Waals surface area contributed by atoms with E-state index in [1.807, 2.05) is 6.07 Å². The van der Waals surface area contributed by atoms with Crippen LogP contribution in [0.2, 0.25) is 0 Å². The van der Waals surface area contributed by atoms with Crippen molar-refractivity contribution in [1.82, 2.24) is 0 Å². The van der Waals surface area contributed by atoms with Crippen LogP contribution in [0.15, 0.2) is 163 Å². The summed E-state index contributed by atoms with van der Waals surface area (Å²) in [6, 6.07) is 54.0. The van der Waals surface area contributed by atoms with Gasteiger partial charge in [0.15, 0.2) is 8.07 Å². The lowest BCUT2D eigenvalue weighted by molar-refractivity contribution is 1.53. The Morgan fingerprint density at radius 3 is 1.30 bits per heavy atom. The van der Waals surface area contributed by atoms with Gasteiger partial charge in [0.25, 0.3) is 0 Å². The molecule has 0 unspecified atom stereocenters. The van der Waals surface area contributed by atoms with Gasteiger partial charge < -0.3 is 0 Å². The predicted molar refractivity (Wildman–Crippen MR) is 164 cm³/mol. The maximum atomic E-state index is 7.07. The van der Waals surface area contributed by atoms with E-state index in [9.17, 15) is 0 Å². The molecule has 0 radical (unpaired) electrons. The molecule has 5 rings (SSSR count). The van der Waals surface area contributed by atoms with Gasteiger partial charge in [-0.15, -0.1) is 11.6 Å². The quantitative estimate of drug-likeness (QED) is 0.0899. The fourth-order valence-corrected chi connectivity index (χ4v) is 10.9. The molecule has 0 atom stereocenters. The summed E-state index contributed by atoms with van der Waals surface area (Å²) in [5.74, 6) is 0.425. The van der Waals surface area contributed by atoms with Crippen molar-refractivity contribution in [2.24, 2.45) is 0 Å². The van der Waals surface area contributed by atoms with Crippen molar-refractivity contribution in [2.75, 3.05) is 5.88 Å². The lowest BCUT2D eigenvalue weighted by Gasteiger charge is -2.37. The van der Waals surface area contributed by atoms with Gasteiger partial charge in [0, 0.05) is 5.88 Å². The Morgan fingerprint density at radius 2 is 0.892 bits per heavy atom. The van der Waals surface area contributed by atoms with Gasteiger partial charge in [0.05, 0.1) is 0 Å². The summed E-state index contributed by atoms with van der Waals surface area (Å²) in [6.45, 7) is 0. The number of benzene rings is 5. The van der Waals surface area contributed by atoms with E-state index in [-0.39, 0.29) is 0 Å². The molecular weight excluding hydrogens is 484 g/mol. The van der Waals surface area contributed by atoms with Crippen LogP contribution in [0.5, 0.6) is 0 Å². The zero-order valence-electron chi connectivity index (χ0n) is 20.7. The van der Waals surface area contributed by atoms with Crippen LogP contribution in [0.1, 0.15) is 11.1 Å². The highest BCUT2D eigenvalue weighted by atomic mass is 35.5. The van der Waals surface area contributed by atoms with E-state index < -0.39 is 8.07 Å². The molecule has 0 heterocycles. The molecule has 0 aliphatic heterocycles. The van der Waals surface area contributed by atoms with E-state index in [0.29, 0.717) is 5.88 Å². The molecule has 0 spiro atoms. The molecule has 0 aliphatic rings. The summed E-state index contributed by atoms with van der Waals surface area (Å²) in [4.78, 5) is 0. The number of hydrogen-bond acceptors (Lipinski definition) is 0. The Labute approximate surface area is 226 Å². The van der Waals surface area contributed by atoms with Crippen LogP contribution in [0.4, 0.5) is 0 Å². The third-order valence-corrected chi connectivity index (χ3v) is 12.3. The highest BCUT2D eigenvalue weighted by Crippen LogP contribution is 2.29. The maximum Gasteiger partial charge on any atom is 0.177 e. The van der Waals surface area contributed by atoms with Gasteiger partial charge in [-0.2, -0.15) is 0 Å². The van der Waals surface area contributed by atoms with Gasteiger partial charge >= 0.3 is 0 Å². The minimum atomic E-state index is -2.74. The zero-order chi connectivity index (χ0) is 25.3. The van der Waals surface area contributed by atoms with Crippen molar-refractivity contribution in [2.45, 2.75) is 0 Å². The molecule has 5 aromatic rings. The molecule has 0 aliphatic carbocycles. The lowest BCUT2D eigenvalue weighted by Crippen LogP contribution is -2.69. The Morgan fingerprint density at radius 1 is 0.514 bits per heavy atom. The van der Waals surface area contributed by atoms with Gasteiger partial charge in [-0.3, -0.25) is 0 Å². The van der Waals surface area contributed by atoms with Gasteiger partial charge in [-0.25, -0.2) is 0 Å². The van der Waals surface area contributed by atoms with Crippen molar-refractivity contribution < 1.29 is 0 Å². The van der Waals surface area contributed by atoms with Gasteiger partial charge in [0.1, 0.15) is 0 Å². The molecule has 0 N–H and O–H groups in total. The predicted octanol–water partition coefficient (Wildman–Crippen LogP) is 7.10. The van der Waals surface area contributed by atoms with Gasteiger partial charge in [-0.1, -0.05) is 164 Å². The van der Waals surface area contributed by atoms with Crippen LogP contribution in [0.25, 0.3) is 11.6 Å². The molecule has 0 saturated carbocycles. The summed E-state index contributed by atoms with van der Waals surface area (Å²) in [5.41, 5.74) is 3.52. The molecule has 180 valence electrons. The summed E-state index contributed by atoms with van der Waals surface area (Å²) in [6.07, 6.45) is 4.47. The fourth-order valence-electron chi connectivity index (χ4n) is 5.19. The average molecular weight is 513 g/mol. The first-order valence-corrected chi connectivity index (χ1v) is 15.1. The molecule has 0 aromatic heterocycles. The summed E-state index contributed by atoms with van der Waals surface area (Å²) >= 11 is 7.07. The third-order valence-electron chi connectivity index (χ3n) is 6.86. The number of hydrogen-bond donors (Lipinski definition) is 0. The van der Waals surface area contributed by atoms with Crippen LogP contribution in [0, 0.1) is 0 Å². The Kier molecular flexibility index (Phi) is 7.95. The topological polar surface area (TPSA) is 0 Å². The molecular formula is C35H29ClSi. The van der Waals surface area contributed by atoms with E-state index in [1.54, 1.807) is 0 Å². The first-order valence-electron chi connectivity index (χ1n) is 12.6. The smallest absolute Gasteiger partial charge is 0.122 e. The van der Waals surface area contributed by atoms with Crippen molar-refractivity contribution in [1.29, 1.82) is 0 Å². The summed E-state index contributed by atoms with van der Waals surface area (Å²) < 4.78 is 0. The van der Waals surface area contributed by atoms with Crippen molar-refractivity contribution >= 4 is 46.9 Å². The second-order valence-electron chi connectivity index (χ2n) is 8.98. The number of rotatable bonds is 8. The summed E-state index contributed by atoms with van der Waals surface area (Å²) in [7, 11) is -2.74. The maximum absolute atomic E-state index is 7.07. The van der Waals surface area contributed by atoms with Crippen LogP contribution in [0.3, 0.4) is 0 Å². The Balaban J connectivity index is 1.91. The molecule has 37 heavy (non-hydrogen) atoms. The van der Waals surface area contributed by atoms with Crippen LogP contribution in [-0.2, 0) is 0 Å². The highest BCUT2D eigenvalue weighted by molar-refractivity contribution is 7.17.